The first-order valence-corrected chi connectivity index (χ1v) is 13.6. The van der Waals surface area contributed by atoms with Crippen LogP contribution in [-0.2, 0) is 35.5 Å². The number of rotatable bonds is 10. The van der Waals surface area contributed by atoms with Gasteiger partial charge in [-0.05, 0) is 68.4 Å². The molecule has 4 rings (SSSR count). The average molecular weight is 527 g/mol. The molecular weight excluding hydrogens is 496 g/mol. The second-order valence-corrected chi connectivity index (χ2v) is 10.6. The zero-order valence-corrected chi connectivity index (χ0v) is 22.4. The Morgan fingerprint density at radius 1 is 1.22 bits per heavy atom. The van der Waals surface area contributed by atoms with Gasteiger partial charge in [0.2, 0.25) is 5.91 Å². The van der Waals surface area contributed by atoms with E-state index in [1.807, 2.05) is 29.7 Å². The van der Waals surface area contributed by atoms with Gasteiger partial charge in [-0.15, -0.1) is 28.1 Å². The van der Waals surface area contributed by atoms with E-state index in [0.29, 0.717) is 28.1 Å². The summed E-state index contributed by atoms with van der Waals surface area (Å²) in [5, 5.41) is 12.6. The number of hydrogen-bond acceptors (Lipinski definition) is 8. The molecule has 8 nitrogen and oxygen atoms in total. The highest BCUT2D eigenvalue weighted by Gasteiger charge is 2.27. The zero-order valence-electron chi connectivity index (χ0n) is 20.8. The molecule has 0 radical (unpaired) electrons. The van der Waals surface area contributed by atoms with Crippen LogP contribution in [0.15, 0.2) is 36.0 Å². The van der Waals surface area contributed by atoms with Crippen molar-refractivity contribution in [1.82, 2.24) is 14.8 Å². The number of aromatic nitrogens is 3. The Morgan fingerprint density at radius 2 is 2.03 bits per heavy atom. The fourth-order valence-corrected chi connectivity index (χ4v) is 6.12. The van der Waals surface area contributed by atoms with Crippen LogP contribution in [0.1, 0.15) is 50.6 Å². The molecule has 2 aromatic heterocycles. The molecule has 0 bridgehead atoms. The number of anilines is 1. The van der Waals surface area contributed by atoms with Gasteiger partial charge in [-0.3, -0.25) is 9.36 Å². The highest BCUT2D eigenvalue weighted by atomic mass is 32.2. The van der Waals surface area contributed by atoms with Crippen LogP contribution < -0.4 is 10.1 Å². The summed E-state index contributed by atoms with van der Waals surface area (Å²) in [6.45, 7) is 8.67. The molecule has 190 valence electrons. The summed E-state index contributed by atoms with van der Waals surface area (Å²) < 4.78 is 12.8. The maximum absolute atomic E-state index is 12.8. The van der Waals surface area contributed by atoms with Gasteiger partial charge < -0.3 is 14.8 Å². The predicted octanol–water partition coefficient (Wildman–Crippen LogP) is 5.12. The number of hydrogen-bond donors (Lipinski definition) is 1. The summed E-state index contributed by atoms with van der Waals surface area (Å²) in [6.07, 6.45) is 5.63. The molecule has 0 saturated carbocycles. The number of nitrogens with zero attached hydrogens (tertiary/aromatic N) is 3. The van der Waals surface area contributed by atoms with E-state index in [0.717, 1.165) is 47.4 Å². The monoisotopic (exact) mass is 526 g/mol. The van der Waals surface area contributed by atoms with Crippen LogP contribution in [0, 0.1) is 13.8 Å². The van der Waals surface area contributed by atoms with Crippen LogP contribution >= 0.6 is 23.1 Å². The van der Waals surface area contributed by atoms with Crippen molar-refractivity contribution in [2.24, 2.45) is 0 Å². The second-order valence-electron chi connectivity index (χ2n) is 8.58. The van der Waals surface area contributed by atoms with Crippen molar-refractivity contribution in [2.75, 3.05) is 18.2 Å². The third-order valence-corrected chi connectivity index (χ3v) is 8.27. The Morgan fingerprint density at radius 3 is 2.78 bits per heavy atom. The smallest absolute Gasteiger partial charge is 0.341 e. The largest absolute Gasteiger partial charge is 0.486 e. The van der Waals surface area contributed by atoms with Crippen LogP contribution in [0.4, 0.5) is 5.00 Å². The lowest BCUT2D eigenvalue weighted by Crippen LogP contribution is -2.17. The lowest BCUT2D eigenvalue weighted by Gasteiger charge is -2.12. The number of thioether (sulfide) groups is 1. The number of aryl methyl sites for hydroxylation is 3. The van der Waals surface area contributed by atoms with Crippen LogP contribution in [0.3, 0.4) is 0 Å². The molecule has 0 unspecified atom stereocenters. The number of carbonyl (C=O) groups is 2. The third kappa shape index (κ3) is 5.82. The minimum atomic E-state index is -0.406. The van der Waals surface area contributed by atoms with E-state index in [4.69, 9.17) is 9.47 Å². The number of allylic oxidation sites excluding steroid dienone is 1. The molecule has 36 heavy (non-hydrogen) atoms. The topological polar surface area (TPSA) is 95.3 Å². The number of nitrogens with one attached hydrogen (secondary N) is 1. The summed E-state index contributed by atoms with van der Waals surface area (Å²) in [4.78, 5) is 26.4. The molecule has 0 atom stereocenters. The Balaban J connectivity index is 1.42. The molecule has 1 aromatic carbocycles. The summed E-state index contributed by atoms with van der Waals surface area (Å²) in [6, 6.07) is 5.95. The molecule has 1 aliphatic rings. The first-order valence-electron chi connectivity index (χ1n) is 11.8. The maximum Gasteiger partial charge on any atom is 0.341 e. The molecule has 0 saturated heterocycles. The van der Waals surface area contributed by atoms with E-state index < -0.39 is 5.97 Å². The summed E-state index contributed by atoms with van der Waals surface area (Å²) >= 11 is 2.75. The van der Waals surface area contributed by atoms with Gasteiger partial charge in [-0.2, -0.15) is 0 Å². The first-order chi connectivity index (χ1) is 17.4. The minimum absolute atomic E-state index is 0.121. The van der Waals surface area contributed by atoms with Crippen LogP contribution in [-0.4, -0.2) is 39.5 Å². The number of carbonyl (C=O) groups excluding carboxylic acids is 2. The Kier molecular flexibility index (Phi) is 8.48. The van der Waals surface area contributed by atoms with E-state index in [2.05, 4.69) is 29.0 Å². The van der Waals surface area contributed by atoms with Crippen molar-refractivity contribution >= 4 is 40.0 Å². The third-order valence-electron chi connectivity index (χ3n) is 6.10. The zero-order chi connectivity index (χ0) is 25.7. The van der Waals surface area contributed by atoms with Crippen molar-refractivity contribution < 1.29 is 19.1 Å². The summed E-state index contributed by atoms with van der Waals surface area (Å²) in [5.41, 5.74) is 3.87. The normalized spacial score (nSPS) is 12.6. The number of thiophene rings is 1. The lowest BCUT2D eigenvalue weighted by atomic mass is 9.95. The lowest BCUT2D eigenvalue weighted by molar-refractivity contribution is -0.113. The van der Waals surface area contributed by atoms with Crippen molar-refractivity contribution in [1.29, 1.82) is 0 Å². The second kappa shape index (κ2) is 11.7. The molecule has 0 aliphatic heterocycles. The predicted molar refractivity (Wildman–Crippen MR) is 142 cm³/mol. The average Bonchev–Trinajstić information content (AvgIpc) is 3.43. The van der Waals surface area contributed by atoms with Crippen molar-refractivity contribution in [2.45, 2.75) is 57.8 Å². The number of benzene rings is 1. The Bertz CT molecular complexity index is 1280. The Labute approximate surface area is 219 Å². The molecule has 3 aromatic rings. The van der Waals surface area contributed by atoms with Gasteiger partial charge in [0.15, 0.2) is 11.0 Å². The minimum Gasteiger partial charge on any atom is -0.486 e. The molecule has 1 amide bonds. The quantitative estimate of drug-likeness (QED) is 0.223. The summed E-state index contributed by atoms with van der Waals surface area (Å²) in [5.74, 6) is 0.910. The van der Waals surface area contributed by atoms with Crippen LogP contribution in [0.25, 0.3) is 0 Å². The van der Waals surface area contributed by atoms with Crippen LogP contribution in [0.2, 0.25) is 0 Å². The van der Waals surface area contributed by atoms with Crippen molar-refractivity contribution in [3.63, 3.8) is 0 Å². The van der Waals surface area contributed by atoms with E-state index in [1.54, 1.807) is 6.08 Å². The number of ether oxygens (including phenoxy) is 2. The van der Waals surface area contributed by atoms with E-state index >= 15 is 0 Å². The fraction of sp³-hybridized carbons (Fsp3) is 0.385. The Hall–Kier alpha value is -3.11. The maximum atomic E-state index is 12.8. The van der Waals surface area contributed by atoms with Gasteiger partial charge in [-0.25, -0.2) is 4.79 Å². The standard InChI is InChI=1S/C26H30N4O4S2/c1-5-12-30-21(14-34-18-11-10-16(2)17(3)13-18)28-29-26(30)35-15-22(31)27-24-23(25(32)33-4)19-8-6-7-9-20(19)36-24/h5,10-11,13H,1,6-9,12,14-15H2,2-4H3,(H,27,31). The molecule has 1 aliphatic carbocycles. The van der Waals surface area contributed by atoms with Gasteiger partial charge in [0.05, 0.1) is 18.4 Å². The number of fused-ring (bicyclic) bond motifs is 1. The highest BCUT2D eigenvalue weighted by molar-refractivity contribution is 7.99. The molecule has 0 fully saturated rings. The first kappa shape index (κ1) is 26.0. The highest BCUT2D eigenvalue weighted by Crippen LogP contribution is 2.38. The van der Waals surface area contributed by atoms with E-state index in [-0.39, 0.29) is 18.3 Å². The molecule has 0 spiro atoms. The SMILES string of the molecule is C=CCn1c(COc2ccc(C)c(C)c2)nnc1SCC(=O)Nc1sc2c(c1C(=O)OC)CCCC2. The number of esters is 1. The van der Waals surface area contributed by atoms with Crippen molar-refractivity contribution in [3.05, 3.63) is 63.8 Å². The van der Waals surface area contributed by atoms with Crippen LogP contribution in [0.5, 0.6) is 5.75 Å². The molecule has 1 N–H and O–H groups in total. The summed E-state index contributed by atoms with van der Waals surface area (Å²) in [7, 11) is 1.37. The van der Waals surface area contributed by atoms with Gasteiger partial charge in [0, 0.05) is 11.4 Å². The molecule has 10 heteroatoms. The molecule has 2 heterocycles. The van der Waals surface area contributed by atoms with E-state index in [1.165, 1.54) is 35.8 Å². The number of methoxy groups -OCH3 is 1. The van der Waals surface area contributed by atoms with Gasteiger partial charge in [-0.1, -0.05) is 23.9 Å². The van der Waals surface area contributed by atoms with Crippen molar-refractivity contribution in [3.8, 4) is 5.75 Å². The number of amides is 1. The van der Waals surface area contributed by atoms with E-state index in [9.17, 15) is 9.59 Å². The molecular formula is C26H30N4O4S2. The van der Waals surface area contributed by atoms with Gasteiger partial charge >= 0.3 is 5.97 Å². The van der Waals surface area contributed by atoms with Gasteiger partial charge in [0.25, 0.3) is 0 Å². The van der Waals surface area contributed by atoms with Gasteiger partial charge in [0.1, 0.15) is 17.4 Å². The fourth-order valence-electron chi connectivity index (χ4n) is 4.06.